The van der Waals surface area contributed by atoms with E-state index in [2.05, 4.69) is 10.2 Å². The van der Waals surface area contributed by atoms with Gasteiger partial charge in [0.05, 0.1) is 13.2 Å². The van der Waals surface area contributed by atoms with Gasteiger partial charge in [-0.15, -0.1) is 0 Å². The van der Waals surface area contributed by atoms with Crippen LogP contribution in [0.3, 0.4) is 0 Å². The number of hydrogen-bond acceptors (Lipinski definition) is 4. The fraction of sp³-hybridized carbons (Fsp3) is 0.438. The van der Waals surface area contributed by atoms with Gasteiger partial charge in [-0.05, 0) is 11.6 Å². The molecule has 0 bridgehead atoms. The molecule has 0 aromatic heterocycles. The molecule has 1 saturated heterocycles. The van der Waals surface area contributed by atoms with Crippen molar-refractivity contribution in [3.8, 4) is 0 Å². The second kappa shape index (κ2) is 8.56. The highest BCUT2D eigenvalue weighted by atomic mass is 16.5. The molecule has 1 aromatic rings. The van der Waals surface area contributed by atoms with Crippen molar-refractivity contribution in [3.63, 3.8) is 0 Å². The molecule has 5 nitrogen and oxygen atoms in total. The topological polar surface area (TPSA) is 61.8 Å². The van der Waals surface area contributed by atoms with Crippen molar-refractivity contribution in [2.24, 2.45) is 0 Å². The third kappa shape index (κ3) is 5.67. The normalized spacial score (nSPS) is 17.8. The number of nitrogens with one attached hydrogen (secondary N) is 1. The molecular weight excluding hydrogens is 268 g/mol. The maximum Gasteiger partial charge on any atom is 0.252 e. The lowest BCUT2D eigenvalue weighted by Gasteiger charge is -2.26. The third-order valence-corrected chi connectivity index (χ3v) is 3.37. The Kier molecular flexibility index (Phi) is 6.40. The number of nitrogens with zero attached hydrogens (tertiary/aromatic N) is 1. The quantitative estimate of drug-likeness (QED) is 0.801. The third-order valence-electron chi connectivity index (χ3n) is 3.37. The Balaban J connectivity index is 1.68. The minimum atomic E-state index is -1.12. The molecule has 5 heteroatoms. The monoisotopic (exact) mass is 290 g/mol. The molecule has 1 aliphatic rings. The van der Waals surface area contributed by atoms with Gasteiger partial charge in [-0.3, -0.25) is 9.69 Å². The molecule has 1 atom stereocenters. The van der Waals surface area contributed by atoms with E-state index in [0.717, 1.165) is 38.4 Å². The average Bonchev–Trinajstić information content (AvgIpc) is 2.54. The zero-order chi connectivity index (χ0) is 14.9. The summed E-state index contributed by atoms with van der Waals surface area (Å²) in [5.74, 6) is -0.365. The maximum atomic E-state index is 11.8. The first kappa shape index (κ1) is 15.7. The van der Waals surface area contributed by atoms with Gasteiger partial charge in [0.25, 0.3) is 5.91 Å². The van der Waals surface area contributed by atoms with Gasteiger partial charge in [-0.2, -0.15) is 0 Å². The lowest BCUT2D eigenvalue weighted by molar-refractivity contribution is -0.127. The number of aliphatic hydroxyl groups is 1. The maximum absolute atomic E-state index is 11.8. The van der Waals surface area contributed by atoms with Crippen molar-refractivity contribution < 1.29 is 14.6 Å². The smallest absolute Gasteiger partial charge is 0.252 e. The Labute approximate surface area is 125 Å². The van der Waals surface area contributed by atoms with Gasteiger partial charge >= 0.3 is 0 Å². The van der Waals surface area contributed by atoms with Crippen LogP contribution in [-0.4, -0.2) is 61.4 Å². The zero-order valence-corrected chi connectivity index (χ0v) is 12.1. The molecule has 1 aliphatic heterocycles. The molecular formula is C16H22N2O3. The van der Waals surface area contributed by atoms with Crippen LogP contribution in [0.25, 0.3) is 6.08 Å². The zero-order valence-electron chi connectivity index (χ0n) is 12.1. The fourth-order valence-electron chi connectivity index (χ4n) is 2.12. The molecule has 2 N–H and O–H groups in total. The number of benzene rings is 1. The van der Waals surface area contributed by atoms with Crippen molar-refractivity contribution in [1.29, 1.82) is 0 Å². The summed E-state index contributed by atoms with van der Waals surface area (Å²) in [7, 11) is 0. The molecule has 2 rings (SSSR count). The van der Waals surface area contributed by atoms with Gasteiger partial charge in [-0.25, -0.2) is 0 Å². The van der Waals surface area contributed by atoms with Crippen LogP contribution in [0.5, 0.6) is 0 Å². The summed E-state index contributed by atoms with van der Waals surface area (Å²) in [5, 5.41) is 12.5. The number of carbonyl (C=O) groups excluding carboxylic acids is 1. The Bertz CT molecular complexity index is 456. The van der Waals surface area contributed by atoms with Crippen molar-refractivity contribution in [1.82, 2.24) is 10.2 Å². The Hall–Kier alpha value is -1.69. The lowest BCUT2D eigenvalue weighted by atomic mass is 10.2. The summed E-state index contributed by atoms with van der Waals surface area (Å²) in [6.07, 6.45) is 2.13. The Morgan fingerprint density at radius 1 is 1.33 bits per heavy atom. The van der Waals surface area contributed by atoms with Gasteiger partial charge in [0.1, 0.15) is 0 Å². The van der Waals surface area contributed by atoms with E-state index < -0.39 is 6.10 Å². The highest BCUT2D eigenvalue weighted by molar-refractivity contribution is 5.83. The highest BCUT2D eigenvalue weighted by Crippen LogP contribution is 2.02. The van der Waals surface area contributed by atoms with E-state index >= 15 is 0 Å². The minimum absolute atomic E-state index is 0.365. The van der Waals surface area contributed by atoms with Crippen LogP contribution in [0.15, 0.2) is 36.4 Å². The second-order valence-electron chi connectivity index (χ2n) is 4.96. The Morgan fingerprint density at radius 3 is 2.76 bits per heavy atom. The number of hydrogen-bond donors (Lipinski definition) is 2. The first-order chi connectivity index (χ1) is 10.3. The van der Waals surface area contributed by atoms with Crippen LogP contribution in [-0.2, 0) is 9.53 Å². The standard InChI is InChI=1S/C16H22N2O3/c19-15(7-6-14-4-2-1-3-5-14)16(20)17-8-9-18-10-12-21-13-11-18/h1-7,15,19H,8-13H2,(H,17,20)/b7-6+. The summed E-state index contributed by atoms with van der Waals surface area (Å²) in [5.41, 5.74) is 0.956. The molecule has 1 amide bonds. The van der Waals surface area contributed by atoms with Gasteiger partial charge in [0, 0.05) is 26.2 Å². The van der Waals surface area contributed by atoms with Crippen molar-refractivity contribution >= 4 is 12.0 Å². The first-order valence-corrected chi connectivity index (χ1v) is 7.25. The molecule has 1 unspecified atom stereocenters. The van der Waals surface area contributed by atoms with E-state index in [-0.39, 0.29) is 5.91 Å². The van der Waals surface area contributed by atoms with Crippen molar-refractivity contribution in [3.05, 3.63) is 42.0 Å². The van der Waals surface area contributed by atoms with Crippen molar-refractivity contribution in [2.75, 3.05) is 39.4 Å². The van der Waals surface area contributed by atoms with E-state index in [1.807, 2.05) is 30.3 Å². The minimum Gasteiger partial charge on any atom is -0.379 e. The summed E-state index contributed by atoms with van der Waals surface area (Å²) >= 11 is 0. The first-order valence-electron chi connectivity index (χ1n) is 7.25. The van der Waals surface area contributed by atoms with Crippen molar-refractivity contribution in [2.45, 2.75) is 6.10 Å². The summed E-state index contributed by atoms with van der Waals surface area (Å²) in [6, 6.07) is 9.58. The molecule has 114 valence electrons. The molecule has 1 heterocycles. The van der Waals surface area contributed by atoms with Gasteiger partial charge < -0.3 is 15.2 Å². The largest absolute Gasteiger partial charge is 0.379 e. The summed E-state index contributed by atoms with van der Waals surface area (Å²) < 4.78 is 5.26. The van der Waals surface area contributed by atoms with Crippen LogP contribution in [0.2, 0.25) is 0 Å². The summed E-state index contributed by atoms with van der Waals surface area (Å²) in [6.45, 7) is 4.60. The molecule has 21 heavy (non-hydrogen) atoms. The van der Waals surface area contributed by atoms with E-state index in [9.17, 15) is 9.90 Å². The Morgan fingerprint density at radius 2 is 2.05 bits per heavy atom. The van der Waals surface area contributed by atoms with Gasteiger partial charge in [0.2, 0.25) is 0 Å². The second-order valence-corrected chi connectivity index (χ2v) is 4.96. The van der Waals surface area contributed by atoms with Gasteiger partial charge in [-0.1, -0.05) is 36.4 Å². The molecule has 1 aromatic carbocycles. The fourth-order valence-corrected chi connectivity index (χ4v) is 2.12. The van der Waals surface area contributed by atoms with E-state index in [1.165, 1.54) is 6.08 Å². The lowest BCUT2D eigenvalue weighted by Crippen LogP contribution is -2.43. The SMILES string of the molecule is O=C(NCCN1CCOCC1)C(O)/C=C/c1ccccc1. The number of aliphatic hydroxyl groups excluding tert-OH is 1. The van der Waals surface area contributed by atoms with Crippen LogP contribution in [0.1, 0.15) is 5.56 Å². The number of amides is 1. The van der Waals surface area contributed by atoms with Crippen LogP contribution >= 0.6 is 0 Å². The van der Waals surface area contributed by atoms with E-state index in [4.69, 9.17) is 4.74 Å². The molecule has 0 saturated carbocycles. The number of rotatable bonds is 6. The number of carbonyl (C=O) groups is 1. The van der Waals surface area contributed by atoms with Crippen LogP contribution < -0.4 is 5.32 Å². The van der Waals surface area contributed by atoms with E-state index in [1.54, 1.807) is 6.08 Å². The van der Waals surface area contributed by atoms with Crippen LogP contribution in [0, 0.1) is 0 Å². The highest BCUT2D eigenvalue weighted by Gasteiger charge is 2.13. The average molecular weight is 290 g/mol. The number of ether oxygens (including phenoxy) is 1. The predicted molar refractivity (Wildman–Crippen MR) is 81.8 cm³/mol. The molecule has 1 fully saturated rings. The molecule has 0 radical (unpaired) electrons. The van der Waals surface area contributed by atoms with E-state index in [0.29, 0.717) is 6.54 Å². The predicted octanol–water partition coefficient (Wildman–Crippen LogP) is 0.509. The summed E-state index contributed by atoms with van der Waals surface area (Å²) in [4.78, 5) is 14.0. The molecule has 0 aliphatic carbocycles. The van der Waals surface area contributed by atoms with Gasteiger partial charge in [0.15, 0.2) is 6.10 Å². The molecule has 0 spiro atoms. The van der Waals surface area contributed by atoms with Crippen LogP contribution in [0.4, 0.5) is 0 Å². The number of morpholine rings is 1.